The molecule has 1 rings (SSSR count). The maximum absolute atomic E-state index is 6.02. The van der Waals surface area contributed by atoms with Crippen LogP contribution in [0.5, 0.6) is 0 Å². The third-order valence-electron chi connectivity index (χ3n) is 2.35. The molecule has 0 aliphatic carbocycles. The van der Waals surface area contributed by atoms with E-state index in [1.54, 1.807) is 0 Å². The van der Waals surface area contributed by atoms with Gasteiger partial charge in [-0.2, -0.15) is 0 Å². The molecular weight excluding hydrogens is 237 g/mol. The van der Waals surface area contributed by atoms with Crippen LogP contribution >= 0.6 is 34.5 Å². The fourth-order valence-corrected chi connectivity index (χ4v) is 2.66. The van der Waals surface area contributed by atoms with E-state index in [0.717, 1.165) is 27.1 Å². The van der Waals surface area contributed by atoms with Crippen molar-refractivity contribution in [3.05, 3.63) is 20.3 Å². The van der Waals surface area contributed by atoms with Crippen molar-refractivity contribution in [1.82, 2.24) is 0 Å². The van der Waals surface area contributed by atoms with Crippen molar-refractivity contribution in [1.29, 1.82) is 0 Å². The van der Waals surface area contributed by atoms with Gasteiger partial charge in [0.1, 0.15) is 0 Å². The highest BCUT2D eigenvalue weighted by atomic mass is 35.5. The van der Waals surface area contributed by atoms with Gasteiger partial charge in [-0.3, -0.25) is 0 Å². The Morgan fingerprint density at radius 3 is 2.50 bits per heavy atom. The summed E-state index contributed by atoms with van der Waals surface area (Å²) >= 11 is 13.3. The van der Waals surface area contributed by atoms with Gasteiger partial charge in [0.15, 0.2) is 0 Å². The summed E-state index contributed by atoms with van der Waals surface area (Å²) in [6, 6.07) is 1.95. The lowest BCUT2D eigenvalue weighted by atomic mass is 9.87. The van der Waals surface area contributed by atoms with Crippen LogP contribution in [0.1, 0.15) is 25.8 Å². The molecule has 0 atom stereocenters. The summed E-state index contributed by atoms with van der Waals surface area (Å²) < 4.78 is 1.57. The minimum absolute atomic E-state index is 0.178. The number of nitrogens with two attached hydrogens (primary N) is 1. The van der Waals surface area contributed by atoms with Crippen molar-refractivity contribution in [2.24, 2.45) is 11.1 Å². The Kier molecular flexibility index (Phi) is 4.26. The third-order valence-corrected chi connectivity index (χ3v) is 3.92. The Morgan fingerprint density at radius 1 is 1.43 bits per heavy atom. The quantitative estimate of drug-likeness (QED) is 0.862. The number of aryl methyl sites for hydroxylation is 1. The summed E-state index contributed by atoms with van der Waals surface area (Å²) in [5.41, 5.74) is 6.98. The molecular formula is C10H15Cl2NS. The molecule has 0 spiro atoms. The Morgan fingerprint density at radius 2 is 2.07 bits per heavy atom. The normalized spacial score (nSPS) is 12.1. The minimum Gasteiger partial charge on any atom is -0.330 e. The molecule has 1 aromatic rings. The summed E-state index contributed by atoms with van der Waals surface area (Å²) in [6.45, 7) is 5.02. The number of halogens is 2. The van der Waals surface area contributed by atoms with Crippen molar-refractivity contribution in [2.75, 3.05) is 6.54 Å². The lowest BCUT2D eigenvalue weighted by Gasteiger charge is -2.21. The standard InChI is InChI=1S/C10H15Cl2NS/c1-10(2,6-13)4-3-7-5-8(11)14-9(7)12/h5H,3-4,6,13H2,1-2H3. The minimum atomic E-state index is 0.178. The zero-order valence-corrected chi connectivity index (χ0v) is 10.8. The van der Waals surface area contributed by atoms with Crippen molar-refractivity contribution < 1.29 is 0 Å². The van der Waals surface area contributed by atoms with E-state index in [9.17, 15) is 0 Å². The Bertz CT molecular complexity index is 307. The first-order valence-corrected chi connectivity index (χ1v) is 6.15. The van der Waals surface area contributed by atoms with E-state index >= 15 is 0 Å². The molecule has 0 bridgehead atoms. The molecule has 0 aliphatic heterocycles. The van der Waals surface area contributed by atoms with Gasteiger partial charge < -0.3 is 5.73 Å². The second-order valence-corrected chi connectivity index (χ2v) is 6.50. The number of hydrogen-bond acceptors (Lipinski definition) is 2. The van der Waals surface area contributed by atoms with Crippen LogP contribution in [0.3, 0.4) is 0 Å². The van der Waals surface area contributed by atoms with Crippen molar-refractivity contribution in [2.45, 2.75) is 26.7 Å². The van der Waals surface area contributed by atoms with Gasteiger partial charge in [0.25, 0.3) is 0 Å². The van der Waals surface area contributed by atoms with E-state index in [-0.39, 0.29) is 5.41 Å². The van der Waals surface area contributed by atoms with Gasteiger partial charge in [0.2, 0.25) is 0 Å². The van der Waals surface area contributed by atoms with Crippen LogP contribution in [0.4, 0.5) is 0 Å². The lowest BCUT2D eigenvalue weighted by molar-refractivity contribution is 0.348. The van der Waals surface area contributed by atoms with Crippen molar-refractivity contribution in [3.8, 4) is 0 Å². The molecule has 0 amide bonds. The fourth-order valence-electron chi connectivity index (χ4n) is 1.12. The molecule has 4 heteroatoms. The molecule has 80 valence electrons. The third kappa shape index (κ3) is 3.43. The molecule has 1 nitrogen and oxygen atoms in total. The summed E-state index contributed by atoms with van der Waals surface area (Å²) in [4.78, 5) is 0. The van der Waals surface area contributed by atoms with Crippen LogP contribution in [-0.2, 0) is 6.42 Å². The van der Waals surface area contributed by atoms with E-state index in [2.05, 4.69) is 13.8 Å². The van der Waals surface area contributed by atoms with Crippen LogP contribution in [-0.4, -0.2) is 6.54 Å². The van der Waals surface area contributed by atoms with Gasteiger partial charge in [-0.25, -0.2) is 0 Å². The van der Waals surface area contributed by atoms with Crippen LogP contribution in [0.2, 0.25) is 8.67 Å². The number of hydrogen-bond donors (Lipinski definition) is 1. The van der Waals surface area contributed by atoms with Crippen LogP contribution < -0.4 is 5.73 Å². The lowest BCUT2D eigenvalue weighted by Crippen LogP contribution is -2.23. The zero-order chi connectivity index (χ0) is 10.8. The van der Waals surface area contributed by atoms with Gasteiger partial charge >= 0.3 is 0 Å². The SMILES string of the molecule is CC(C)(CN)CCc1cc(Cl)sc1Cl. The summed E-state index contributed by atoms with van der Waals surface area (Å²) in [5.74, 6) is 0. The maximum Gasteiger partial charge on any atom is 0.0976 e. The zero-order valence-electron chi connectivity index (χ0n) is 8.44. The monoisotopic (exact) mass is 251 g/mol. The molecule has 0 unspecified atom stereocenters. The van der Waals surface area contributed by atoms with Crippen LogP contribution in [0.15, 0.2) is 6.07 Å². The first-order chi connectivity index (χ1) is 6.44. The van der Waals surface area contributed by atoms with E-state index in [1.165, 1.54) is 11.3 Å². The molecule has 0 aliphatic rings. The topological polar surface area (TPSA) is 26.0 Å². The predicted octanol–water partition coefficient (Wildman–Crippen LogP) is 3.97. The summed E-state index contributed by atoms with van der Waals surface area (Å²) in [6.07, 6.45) is 1.99. The highest BCUT2D eigenvalue weighted by Gasteiger charge is 2.16. The van der Waals surface area contributed by atoms with Crippen LogP contribution in [0, 0.1) is 5.41 Å². The molecule has 14 heavy (non-hydrogen) atoms. The second kappa shape index (κ2) is 4.84. The van der Waals surface area contributed by atoms with Gasteiger partial charge in [-0.15, -0.1) is 11.3 Å². The molecule has 1 aromatic heterocycles. The van der Waals surface area contributed by atoms with Gasteiger partial charge in [-0.1, -0.05) is 37.0 Å². The summed E-state index contributed by atoms with van der Waals surface area (Å²) in [5, 5.41) is 0. The Labute approximate surface area is 99.2 Å². The van der Waals surface area contributed by atoms with Gasteiger partial charge in [0, 0.05) is 0 Å². The van der Waals surface area contributed by atoms with Crippen molar-refractivity contribution >= 4 is 34.5 Å². The molecule has 2 N–H and O–H groups in total. The number of thiophene rings is 1. The first kappa shape index (κ1) is 12.3. The smallest absolute Gasteiger partial charge is 0.0976 e. The van der Waals surface area contributed by atoms with E-state index in [4.69, 9.17) is 28.9 Å². The maximum atomic E-state index is 6.02. The average molecular weight is 252 g/mol. The molecule has 0 fully saturated rings. The van der Waals surface area contributed by atoms with Gasteiger partial charge in [-0.05, 0) is 36.4 Å². The molecule has 1 heterocycles. The Hall–Kier alpha value is 0.240. The van der Waals surface area contributed by atoms with E-state index in [1.807, 2.05) is 6.07 Å². The number of rotatable bonds is 4. The molecule has 0 saturated heterocycles. The Balaban J connectivity index is 2.58. The van der Waals surface area contributed by atoms with E-state index < -0.39 is 0 Å². The first-order valence-electron chi connectivity index (χ1n) is 4.58. The molecule has 0 radical (unpaired) electrons. The molecule has 0 saturated carbocycles. The van der Waals surface area contributed by atoms with Crippen molar-refractivity contribution in [3.63, 3.8) is 0 Å². The summed E-state index contributed by atoms with van der Waals surface area (Å²) in [7, 11) is 0. The second-order valence-electron chi connectivity index (χ2n) is 4.22. The fraction of sp³-hybridized carbons (Fsp3) is 0.600. The highest BCUT2D eigenvalue weighted by Crippen LogP contribution is 2.33. The van der Waals surface area contributed by atoms with E-state index in [0.29, 0.717) is 6.54 Å². The van der Waals surface area contributed by atoms with Crippen LogP contribution in [0.25, 0.3) is 0 Å². The largest absolute Gasteiger partial charge is 0.330 e. The average Bonchev–Trinajstić information content (AvgIpc) is 2.42. The van der Waals surface area contributed by atoms with Gasteiger partial charge in [0.05, 0.1) is 8.67 Å². The predicted molar refractivity (Wildman–Crippen MR) is 65.5 cm³/mol. The highest BCUT2D eigenvalue weighted by molar-refractivity contribution is 7.20. The molecule has 0 aromatic carbocycles.